The molecule has 4 amide bonds. The molecule has 336 valence electrons. The molecule has 0 saturated heterocycles. The lowest BCUT2D eigenvalue weighted by molar-refractivity contribution is -0.150. The minimum Gasteiger partial charge on any atom is -0.497 e. The fourth-order valence-corrected chi connectivity index (χ4v) is 9.69. The van der Waals surface area contributed by atoms with Crippen LogP contribution in [0, 0.1) is 29.1 Å². The normalized spacial score (nSPS) is 23.4. The summed E-state index contributed by atoms with van der Waals surface area (Å²) in [5, 5.41) is 18.3. The van der Waals surface area contributed by atoms with Gasteiger partial charge in [-0.05, 0) is 76.3 Å². The molecule has 7 atom stereocenters. The van der Waals surface area contributed by atoms with Crippen LogP contribution in [0.5, 0.6) is 11.5 Å². The predicted octanol–water partition coefficient (Wildman–Crippen LogP) is 5.93. The summed E-state index contributed by atoms with van der Waals surface area (Å²) >= 11 is 1.46. The SMILES string of the molecule is C=CC1C[C@]1(NC(=O)[C@@H]1C[C@H](Oc2cc(-c3csc(NC(C)C)n3)nc3cc(OC)ccc23)C[C@@H]1C(=O)N[C@H](C(=O)N[C@H](C(=O)NC)C1CCCCC1)C(C)(C)C)C(=O)OCC. The highest BCUT2D eigenvalue weighted by atomic mass is 32.1. The van der Waals surface area contributed by atoms with Gasteiger partial charge in [-0.3, -0.25) is 19.2 Å². The maximum Gasteiger partial charge on any atom is 0.332 e. The van der Waals surface area contributed by atoms with E-state index in [2.05, 4.69) is 33.2 Å². The van der Waals surface area contributed by atoms with Crippen molar-refractivity contribution >= 4 is 57.0 Å². The van der Waals surface area contributed by atoms with Crippen molar-refractivity contribution in [1.82, 2.24) is 31.2 Å². The molecule has 6 rings (SSSR count). The molecule has 0 aliphatic heterocycles. The number of methoxy groups -OCH3 is 1. The van der Waals surface area contributed by atoms with Crippen molar-refractivity contribution in [2.75, 3.05) is 26.1 Å². The van der Waals surface area contributed by atoms with Crippen molar-refractivity contribution in [3.8, 4) is 22.9 Å². The summed E-state index contributed by atoms with van der Waals surface area (Å²) in [6.45, 7) is 15.3. The summed E-state index contributed by atoms with van der Waals surface area (Å²) in [7, 11) is 3.13. The summed E-state index contributed by atoms with van der Waals surface area (Å²) in [5.74, 6) is -3.51. The van der Waals surface area contributed by atoms with Gasteiger partial charge in [-0.15, -0.1) is 17.9 Å². The molecule has 2 aromatic heterocycles. The van der Waals surface area contributed by atoms with Crippen molar-refractivity contribution in [3.63, 3.8) is 0 Å². The Kier molecular flexibility index (Phi) is 14.5. The van der Waals surface area contributed by atoms with E-state index in [0.717, 1.165) is 37.2 Å². The van der Waals surface area contributed by atoms with Gasteiger partial charge in [0.15, 0.2) is 5.13 Å². The van der Waals surface area contributed by atoms with Gasteiger partial charge >= 0.3 is 5.97 Å². The summed E-state index contributed by atoms with van der Waals surface area (Å²) < 4.78 is 17.7. The van der Waals surface area contributed by atoms with Gasteiger partial charge in [-0.1, -0.05) is 46.1 Å². The van der Waals surface area contributed by atoms with Gasteiger partial charge in [0.1, 0.15) is 40.9 Å². The number of aromatic nitrogens is 2. The van der Waals surface area contributed by atoms with Crippen molar-refractivity contribution < 1.29 is 38.2 Å². The molecule has 0 spiro atoms. The Balaban J connectivity index is 1.32. The molecular formula is C46H63N7O8S. The predicted molar refractivity (Wildman–Crippen MR) is 239 cm³/mol. The largest absolute Gasteiger partial charge is 0.497 e. The fraction of sp³-hybridized carbons (Fsp3) is 0.587. The third-order valence-corrected chi connectivity index (χ3v) is 13.1. The van der Waals surface area contributed by atoms with Crippen molar-refractivity contribution in [3.05, 3.63) is 42.3 Å². The number of esters is 1. The lowest BCUT2D eigenvalue weighted by atomic mass is 9.82. The van der Waals surface area contributed by atoms with Crippen LogP contribution in [0.4, 0.5) is 5.13 Å². The average molecular weight is 874 g/mol. The van der Waals surface area contributed by atoms with Crippen LogP contribution in [-0.4, -0.2) is 90.1 Å². The van der Waals surface area contributed by atoms with Crippen molar-refractivity contribution in [2.45, 2.75) is 123 Å². The summed E-state index contributed by atoms with van der Waals surface area (Å²) in [5.41, 5.74) is -0.250. The van der Waals surface area contributed by atoms with Crippen LogP contribution in [0.2, 0.25) is 0 Å². The Hall–Kier alpha value is -5.25. The number of benzene rings is 1. The van der Waals surface area contributed by atoms with Crippen LogP contribution in [0.15, 0.2) is 42.3 Å². The first kappa shape index (κ1) is 46.3. The number of nitrogens with one attached hydrogen (secondary N) is 5. The van der Waals surface area contributed by atoms with Gasteiger partial charge in [0.2, 0.25) is 23.6 Å². The van der Waals surface area contributed by atoms with Crippen LogP contribution in [0.25, 0.3) is 22.3 Å². The van der Waals surface area contributed by atoms with Gasteiger partial charge in [0.25, 0.3) is 0 Å². The van der Waals surface area contributed by atoms with Crippen molar-refractivity contribution in [2.24, 2.45) is 29.1 Å². The van der Waals surface area contributed by atoms with Crippen LogP contribution in [0.1, 0.15) is 92.9 Å². The Morgan fingerprint density at radius 3 is 2.29 bits per heavy atom. The second-order valence-corrected chi connectivity index (χ2v) is 19.0. The number of carbonyl (C=O) groups is 5. The lowest BCUT2D eigenvalue weighted by Gasteiger charge is -2.35. The minimum absolute atomic E-state index is 0.0292. The molecule has 1 unspecified atom stereocenters. The maximum absolute atomic E-state index is 14.7. The number of fused-ring (bicyclic) bond motifs is 1. The molecular weight excluding hydrogens is 811 g/mol. The highest BCUT2D eigenvalue weighted by Gasteiger charge is 2.62. The van der Waals surface area contributed by atoms with E-state index in [1.54, 1.807) is 27.2 Å². The van der Waals surface area contributed by atoms with E-state index >= 15 is 0 Å². The first-order valence-corrected chi connectivity index (χ1v) is 22.7. The first-order valence-electron chi connectivity index (χ1n) is 21.8. The van der Waals surface area contributed by atoms with Crippen molar-refractivity contribution in [1.29, 1.82) is 0 Å². The van der Waals surface area contributed by atoms with E-state index in [4.69, 9.17) is 24.2 Å². The quantitative estimate of drug-likeness (QED) is 0.0797. The molecule has 3 aliphatic rings. The molecule has 62 heavy (non-hydrogen) atoms. The Labute approximate surface area is 368 Å². The molecule has 5 N–H and O–H groups in total. The van der Waals surface area contributed by atoms with Gasteiger partial charge in [0.05, 0.1) is 36.8 Å². The number of likely N-dealkylation sites (N-methyl/N-ethyl adjacent to an activating group) is 1. The van der Waals surface area contributed by atoms with E-state index in [0.29, 0.717) is 40.2 Å². The highest BCUT2D eigenvalue weighted by molar-refractivity contribution is 7.14. The monoisotopic (exact) mass is 873 g/mol. The molecule has 3 aromatic rings. The zero-order valence-electron chi connectivity index (χ0n) is 37.2. The maximum atomic E-state index is 14.7. The Morgan fingerprint density at radius 2 is 1.68 bits per heavy atom. The number of pyridine rings is 1. The molecule has 3 aliphatic carbocycles. The highest BCUT2D eigenvalue weighted by Crippen LogP contribution is 2.47. The minimum atomic E-state index is -1.29. The van der Waals surface area contributed by atoms with Crippen LogP contribution < -0.4 is 36.1 Å². The topological polar surface area (TPSA) is 199 Å². The standard InChI is InChI=1S/C46H63N7O8S/c1-10-27-23-46(27,43(58)60-11-2)53-40(55)32-20-29(61-36-22-34(35-24-62-44(50-35)48-25(3)4)49-33-21-28(59-9)17-18-30(33)36)19-31(32)39(54)52-38(45(5,6)7)42(57)51-37(41(56)47-8)26-15-13-12-14-16-26/h10,17-18,21-22,24-27,29,31-32,37-38H,1,11-16,19-20,23H2,2-9H3,(H,47,56)(H,48,50)(H,51,57)(H,52,54)(H,53,55)/t27?,29-,31+,32-,37+,38-,46-/m1/s1. The number of rotatable bonds is 17. The van der Waals surface area contributed by atoms with E-state index in [1.165, 1.54) is 11.3 Å². The molecule has 3 saturated carbocycles. The summed E-state index contributed by atoms with van der Waals surface area (Å²) in [6.07, 6.45) is 6.20. The first-order chi connectivity index (χ1) is 29.5. The number of hydrogen-bond acceptors (Lipinski definition) is 12. The number of carbonyl (C=O) groups excluding carboxylic acids is 5. The van der Waals surface area contributed by atoms with Crippen LogP contribution >= 0.6 is 11.3 Å². The average Bonchev–Trinajstić information content (AvgIpc) is 3.50. The van der Waals surface area contributed by atoms with Gasteiger partial charge < -0.3 is 40.8 Å². The third kappa shape index (κ3) is 10.3. The molecule has 2 heterocycles. The Morgan fingerprint density at radius 1 is 0.968 bits per heavy atom. The zero-order valence-corrected chi connectivity index (χ0v) is 38.0. The van der Waals surface area contributed by atoms with E-state index < -0.39 is 64.7 Å². The Bertz CT molecular complexity index is 2150. The van der Waals surface area contributed by atoms with E-state index in [1.807, 2.05) is 64.3 Å². The fourth-order valence-electron chi connectivity index (χ4n) is 8.84. The van der Waals surface area contributed by atoms with Crippen LogP contribution in [-0.2, 0) is 28.7 Å². The smallest absolute Gasteiger partial charge is 0.332 e. The van der Waals surface area contributed by atoms with E-state index in [-0.39, 0.29) is 43.2 Å². The molecule has 0 radical (unpaired) electrons. The van der Waals surface area contributed by atoms with E-state index in [9.17, 15) is 24.0 Å². The number of nitrogens with zero attached hydrogens (tertiary/aromatic N) is 2. The molecule has 15 nitrogen and oxygen atoms in total. The number of thiazole rings is 1. The molecule has 16 heteroatoms. The number of hydrogen-bond donors (Lipinski definition) is 5. The lowest BCUT2D eigenvalue weighted by Crippen LogP contribution is -2.60. The number of amides is 4. The van der Waals surface area contributed by atoms with Crippen LogP contribution in [0.3, 0.4) is 0 Å². The summed E-state index contributed by atoms with van der Waals surface area (Å²) in [4.78, 5) is 79.5. The third-order valence-electron chi connectivity index (χ3n) is 12.3. The van der Waals surface area contributed by atoms with Gasteiger partial charge in [-0.2, -0.15) is 0 Å². The zero-order chi connectivity index (χ0) is 44.9. The molecule has 0 bridgehead atoms. The second-order valence-electron chi connectivity index (χ2n) is 18.2. The second kappa shape index (κ2) is 19.4. The summed E-state index contributed by atoms with van der Waals surface area (Å²) in [6, 6.07) is 5.67. The molecule has 1 aromatic carbocycles. The molecule has 3 fully saturated rings. The number of ether oxygens (including phenoxy) is 3. The van der Waals surface area contributed by atoms with Gasteiger partial charge in [-0.25, -0.2) is 14.8 Å². The van der Waals surface area contributed by atoms with Gasteiger partial charge in [0, 0.05) is 41.9 Å². The number of anilines is 1.